The summed E-state index contributed by atoms with van der Waals surface area (Å²) in [5.41, 5.74) is 1.91. The number of amides is 1. The zero-order valence-electron chi connectivity index (χ0n) is 17.7. The van der Waals surface area contributed by atoms with Crippen LogP contribution >= 0.6 is 0 Å². The van der Waals surface area contributed by atoms with E-state index in [9.17, 15) is 18.0 Å². The Hall–Kier alpha value is -4.07. The highest BCUT2D eigenvalue weighted by molar-refractivity contribution is 5.91. The third-order valence-electron chi connectivity index (χ3n) is 4.99. The maximum Gasteiger partial charge on any atom is 0.226 e. The van der Waals surface area contributed by atoms with Crippen molar-refractivity contribution in [2.45, 2.75) is 19.8 Å². The fourth-order valence-corrected chi connectivity index (χ4v) is 3.32. The van der Waals surface area contributed by atoms with Gasteiger partial charge in [-0.3, -0.25) is 4.79 Å². The first-order valence-electron chi connectivity index (χ1n) is 10.2. The molecular weight excluding hydrogens is 431 g/mol. The van der Waals surface area contributed by atoms with Crippen molar-refractivity contribution in [1.29, 1.82) is 0 Å². The molecule has 0 bridgehead atoms. The minimum absolute atomic E-state index is 0.0457. The average Bonchev–Trinajstić information content (AvgIpc) is 3.11. The number of nitrogens with one attached hydrogen (secondary N) is 1. The lowest BCUT2D eigenvalue weighted by Crippen LogP contribution is -2.13. The van der Waals surface area contributed by atoms with Crippen LogP contribution in [0.25, 0.3) is 5.69 Å². The molecule has 1 amide bonds. The van der Waals surface area contributed by atoms with Crippen molar-refractivity contribution in [3.63, 3.8) is 0 Å². The predicted molar refractivity (Wildman–Crippen MR) is 118 cm³/mol. The Kier molecular flexibility index (Phi) is 6.44. The Morgan fingerprint density at radius 2 is 1.58 bits per heavy atom. The van der Waals surface area contributed by atoms with E-state index in [2.05, 4.69) is 10.4 Å². The summed E-state index contributed by atoms with van der Waals surface area (Å²) >= 11 is 0. The first-order valence-corrected chi connectivity index (χ1v) is 10.2. The quantitative estimate of drug-likeness (QED) is 0.377. The fourth-order valence-electron chi connectivity index (χ4n) is 3.32. The largest absolute Gasteiger partial charge is 0.439 e. The number of para-hydroxylation sites is 1. The fraction of sp³-hybridized carbons (Fsp3) is 0.120. The standard InChI is InChI=1S/C25H20F3N3O2/c1-16-21(14-15-24(32)29-23-5-3-2-4-22(23)28)25(33-20-12-8-18(27)9-13-20)31(30-16)19-10-6-17(26)7-11-19/h2-13H,14-15H2,1H3,(H,29,32). The molecule has 0 spiro atoms. The van der Waals surface area contributed by atoms with E-state index in [1.165, 1.54) is 59.3 Å². The van der Waals surface area contributed by atoms with Crippen molar-refractivity contribution in [3.8, 4) is 17.3 Å². The summed E-state index contributed by atoms with van der Waals surface area (Å²) in [6, 6.07) is 17.1. The van der Waals surface area contributed by atoms with Crippen molar-refractivity contribution < 1.29 is 22.7 Å². The molecule has 5 nitrogen and oxygen atoms in total. The molecule has 0 aliphatic rings. The average molecular weight is 451 g/mol. The molecule has 1 N–H and O–H groups in total. The van der Waals surface area contributed by atoms with Gasteiger partial charge >= 0.3 is 0 Å². The second-order valence-corrected chi connectivity index (χ2v) is 7.34. The number of anilines is 1. The Morgan fingerprint density at radius 3 is 2.24 bits per heavy atom. The smallest absolute Gasteiger partial charge is 0.226 e. The highest BCUT2D eigenvalue weighted by atomic mass is 19.1. The number of ether oxygens (including phenoxy) is 1. The second kappa shape index (κ2) is 9.60. The first-order chi connectivity index (χ1) is 15.9. The normalized spacial score (nSPS) is 10.8. The van der Waals surface area contributed by atoms with Gasteiger partial charge in [-0.1, -0.05) is 12.1 Å². The van der Waals surface area contributed by atoms with E-state index in [0.717, 1.165) is 0 Å². The maximum atomic E-state index is 13.8. The van der Waals surface area contributed by atoms with Gasteiger partial charge in [0, 0.05) is 12.0 Å². The lowest BCUT2D eigenvalue weighted by molar-refractivity contribution is -0.116. The van der Waals surface area contributed by atoms with E-state index in [1.54, 1.807) is 25.1 Å². The van der Waals surface area contributed by atoms with E-state index < -0.39 is 17.5 Å². The van der Waals surface area contributed by atoms with Gasteiger partial charge in [0.1, 0.15) is 23.2 Å². The van der Waals surface area contributed by atoms with Crippen LogP contribution < -0.4 is 10.1 Å². The number of halogens is 3. The second-order valence-electron chi connectivity index (χ2n) is 7.34. The number of rotatable bonds is 7. The third kappa shape index (κ3) is 5.23. The molecule has 0 saturated carbocycles. The van der Waals surface area contributed by atoms with Crippen LogP contribution in [0.2, 0.25) is 0 Å². The monoisotopic (exact) mass is 451 g/mol. The van der Waals surface area contributed by atoms with Gasteiger partial charge in [-0.05, 0) is 74.0 Å². The topological polar surface area (TPSA) is 56.2 Å². The van der Waals surface area contributed by atoms with Crippen LogP contribution in [0, 0.1) is 24.4 Å². The number of carbonyl (C=O) groups excluding carboxylic acids is 1. The number of aryl methyl sites for hydroxylation is 1. The highest BCUT2D eigenvalue weighted by Gasteiger charge is 2.20. The van der Waals surface area contributed by atoms with Crippen LogP contribution in [0.4, 0.5) is 18.9 Å². The Balaban J connectivity index is 1.62. The molecule has 33 heavy (non-hydrogen) atoms. The summed E-state index contributed by atoms with van der Waals surface area (Å²) in [5.74, 6) is -1.00. The van der Waals surface area contributed by atoms with Crippen molar-refractivity contribution in [3.05, 3.63) is 102 Å². The molecule has 3 aromatic carbocycles. The van der Waals surface area contributed by atoms with Gasteiger partial charge in [-0.15, -0.1) is 0 Å². The molecule has 1 aromatic heterocycles. The molecule has 4 aromatic rings. The molecular formula is C25H20F3N3O2. The SMILES string of the molecule is Cc1nn(-c2ccc(F)cc2)c(Oc2ccc(F)cc2)c1CCC(=O)Nc1ccccc1F. The zero-order chi connectivity index (χ0) is 23.4. The molecule has 0 fully saturated rings. The zero-order valence-corrected chi connectivity index (χ0v) is 17.7. The molecule has 0 saturated heterocycles. The van der Waals surface area contributed by atoms with Crippen molar-refractivity contribution in [2.24, 2.45) is 0 Å². The van der Waals surface area contributed by atoms with E-state index >= 15 is 0 Å². The lowest BCUT2D eigenvalue weighted by Gasteiger charge is -2.12. The lowest BCUT2D eigenvalue weighted by atomic mass is 10.1. The number of nitrogens with zero attached hydrogens (tertiary/aromatic N) is 2. The summed E-state index contributed by atoms with van der Waals surface area (Å²) < 4.78 is 48.1. The Labute approximate surface area is 188 Å². The maximum absolute atomic E-state index is 13.8. The molecule has 0 atom stereocenters. The van der Waals surface area contributed by atoms with E-state index in [4.69, 9.17) is 4.74 Å². The van der Waals surface area contributed by atoms with E-state index in [1.807, 2.05) is 0 Å². The van der Waals surface area contributed by atoms with Gasteiger partial charge in [-0.2, -0.15) is 5.10 Å². The minimum atomic E-state index is -0.522. The van der Waals surface area contributed by atoms with Crippen LogP contribution in [0.1, 0.15) is 17.7 Å². The Bertz CT molecular complexity index is 1270. The van der Waals surface area contributed by atoms with Crippen LogP contribution in [0.3, 0.4) is 0 Å². The van der Waals surface area contributed by atoms with E-state index in [0.29, 0.717) is 28.6 Å². The van der Waals surface area contributed by atoms with Gasteiger partial charge < -0.3 is 10.1 Å². The van der Waals surface area contributed by atoms with Gasteiger partial charge in [0.15, 0.2) is 0 Å². The van der Waals surface area contributed by atoms with Crippen LogP contribution in [-0.2, 0) is 11.2 Å². The molecule has 168 valence electrons. The van der Waals surface area contributed by atoms with Crippen LogP contribution in [0.15, 0.2) is 72.8 Å². The van der Waals surface area contributed by atoms with Crippen molar-refractivity contribution in [1.82, 2.24) is 9.78 Å². The van der Waals surface area contributed by atoms with Gasteiger partial charge in [0.25, 0.3) is 0 Å². The van der Waals surface area contributed by atoms with Gasteiger partial charge in [-0.25, -0.2) is 17.9 Å². The number of benzene rings is 3. The van der Waals surface area contributed by atoms with Gasteiger partial charge in [0.05, 0.1) is 17.1 Å². The molecule has 0 unspecified atom stereocenters. The van der Waals surface area contributed by atoms with E-state index in [-0.39, 0.29) is 24.4 Å². The number of carbonyl (C=O) groups is 1. The molecule has 8 heteroatoms. The first kappa shape index (κ1) is 22.1. The third-order valence-corrected chi connectivity index (χ3v) is 4.99. The molecule has 0 aliphatic carbocycles. The summed E-state index contributed by atoms with van der Waals surface area (Å²) in [6.45, 7) is 1.77. The Morgan fingerprint density at radius 1 is 0.939 bits per heavy atom. The highest BCUT2D eigenvalue weighted by Crippen LogP contribution is 2.32. The van der Waals surface area contributed by atoms with Crippen LogP contribution in [-0.4, -0.2) is 15.7 Å². The number of hydrogen-bond acceptors (Lipinski definition) is 3. The van der Waals surface area contributed by atoms with Crippen molar-refractivity contribution >= 4 is 11.6 Å². The minimum Gasteiger partial charge on any atom is -0.439 e. The summed E-state index contributed by atoms with van der Waals surface area (Å²) in [7, 11) is 0. The number of hydrogen-bond donors (Lipinski definition) is 1. The molecule has 4 rings (SSSR count). The van der Waals surface area contributed by atoms with Crippen molar-refractivity contribution in [2.75, 3.05) is 5.32 Å². The molecule has 0 aliphatic heterocycles. The molecule has 0 radical (unpaired) electrons. The number of aromatic nitrogens is 2. The summed E-state index contributed by atoms with van der Waals surface area (Å²) in [6.07, 6.45) is 0.300. The van der Waals surface area contributed by atoms with Crippen LogP contribution in [0.5, 0.6) is 11.6 Å². The predicted octanol–water partition coefficient (Wildman–Crippen LogP) is 5.96. The summed E-state index contributed by atoms with van der Waals surface area (Å²) in [5, 5.41) is 7.06. The summed E-state index contributed by atoms with van der Waals surface area (Å²) in [4.78, 5) is 12.4. The molecule has 1 heterocycles. The van der Waals surface area contributed by atoms with Gasteiger partial charge in [0.2, 0.25) is 11.8 Å².